The summed E-state index contributed by atoms with van der Waals surface area (Å²) in [4.78, 5) is 30.3. The first-order valence-electron chi connectivity index (χ1n) is 13.4. The normalized spacial score (nSPS) is 16.4. The van der Waals surface area contributed by atoms with E-state index < -0.39 is 11.7 Å². The number of halogens is 2. The molecule has 7 nitrogen and oxygen atoms in total. The van der Waals surface area contributed by atoms with Gasteiger partial charge in [-0.05, 0) is 42.8 Å². The van der Waals surface area contributed by atoms with E-state index in [4.69, 9.17) is 34.4 Å². The van der Waals surface area contributed by atoms with E-state index in [0.29, 0.717) is 54.0 Å². The number of carbonyl (C=O) groups is 2. The third-order valence-corrected chi connectivity index (χ3v) is 7.65. The lowest BCUT2D eigenvalue weighted by atomic mass is 9.97. The van der Waals surface area contributed by atoms with Crippen LogP contribution >= 0.6 is 23.2 Å². The zero-order valence-electron chi connectivity index (χ0n) is 22.9. The molecule has 0 bridgehead atoms. The molecule has 41 heavy (non-hydrogen) atoms. The third-order valence-electron chi connectivity index (χ3n) is 7.08. The number of β-amino-alcohol motifs (C(OH)–C–C–N with tert-alkyl or cyclic N) is 1. The Morgan fingerprint density at radius 3 is 2.34 bits per heavy atom. The lowest BCUT2D eigenvalue weighted by Gasteiger charge is -2.35. The average Bonchev–Trinajstić information content (AvgIpc) is 2.98. The number of ether oxygens (including phenoxy) is 1. The van der Waals surface area contributed by atoms with Crippen molar-refractivity contribution in [1.82, 2.24) is 9.80 Å². The second-order valence-corrected chi connectivity index (χ2v) is 11.0. The molecule has 0 saturated carbocycles. The van der Waals surface area contributed by atoms with Gasteiger partial charge in [0, 0.05) is 48.9 Å². The standard InChI is InChI=1S/C32H33Cl2N3O4/c1-3-32(2,23-9-5-4-6-10-23)41-22-25(38)20-36-15-17-37(18-16-36)21-30(39)35-29-14-13-24(33)19-27(29)31(40)26-11-7-8-12-28(26)34/h1,4-14,19,25,38H,15-18,20-22H2,2H3,(H,35,39). The van der Waals surface area contributed by atoms with Crippen LogP contribution in [-0.4, -0.2) is 78.6 Å². The Morgan fingerprint density at radius 1 is 1.00 bits per heavy atom. The number of terminal acetylenes is 1. The number of nitrogens with zero attached hydrogens (tertiary/aromatic N) is 2. The van der Waals surface area contributed by atoms with Crippen LogP contribution < -0.4 is 5.32 Å². The summed E-state index contributed by atoms with van der Waals surface area (Å²) >= 11 is 12.4. The Labute approximate surface area is 251 Å². The number of nitrogens with one attached hydrogen (secondary N) is 1. The summed E-state index contributed by atoms with van der Waals surface area (Å²) in [5.74, 6) is 2.13. The Balaban J connectivity index is 1.26. The molecule has 1 aliphatic rings. The summed E-state index contributed by atoms with van der Waals surface area (Å²) < 4.78 is 5.95. The first kappa shape index (κ1) is 30.7. The molecule has 0 aromatic heterocycles. The maximum atomic E-state index is 13.2. The molecule has 0 radical (unpaired) electrons. The number of amides is 1. The van der Waals surface area contributed by atoms with Crippen LogP contribution in [0.15, 0.2) is 72.8 Å². The molecule has 1 aliphatic heterocycles. The highest BCUT2D eigenvalue weighted by molar-refractivity contribution is 6.36. The largest absolute Gasteiger partial charge is 0.389 e. The Hall–Kier alpha value is -3.22. The molecule has 0 aliphatic carbocycles. The van der Waals surface area contributed by atoms with Crippen LogP contribution in [0.2, 0.25) is 10.0 Å². The number of piperazine rings is 1. The molecule has 0 spiro atoms. The van der Waals surface area contributed by atoms with E-state index in [1.54, 1.807) is 36.4 Å². The number of aliphatic hydroxyl groups excluding tert-OH is 1. The van der Waals surface area contributed by atoms with Gasteiger partial charge in [-0.1, -0.05) is 71.6 Å². The summed E-state index contributed by atoms with van der Waals surface area (Å²) in [7, 11) is 0. The first-order valence-corrected chi connectivity index (χ1v) is 14.1. The number of carbonyl (C=O) groups excluding carboxylic acids is 2. The highest BCUT2D eigenvalue weighted by atomic mass is 35.5. The maximum Gasteiger partial charge on any atom is 0.238 e. The lowest BCUT2D eigenvalue weighted by molar-refractivity contribution is -0.117. The van der Waals surface area contributed by atoms with Gasteiger partial charge in [-0.2, -0.15) is 0 Å². The fourth-order valence-corrected chi connectivity index (χ4v) is 5.10. The summed E-state index contributed by atoms with van der Waals surface area (Å²) in [5, 5.41) is 14.2. The molecule has 1 fully saturated rings. The van der Waals surface area contributed by atoms with Gasteiger partial charge in [0.15, 0.2) is 11.4 Å². The van der Waals surface area contributed by atoms with Crippen LogP contribution in [0.25, 0.3) is 0 Å². The monoisotopic (exact) mass is 593 g/mol. The van der Waals surface area contributed by atoms with Crippen LogP contribution in [-0.2, 0) is 15.1 Å². The molecule has 3 aromatic rings. The topological polar surface area (TPSA) is 82.1 Å². The summed E-state index contributed by atoms with van der Waals surface area (Å²) in [6.45, 7) is 5.21. The molecule has 1 saturated heterocycles. The highest BCUT2D eigenvalue weighted by Gasteiger charge is 2.27. The van der Waals surface area contributed by atoms with Crippen molar-refractivity contribution in [2.24, 2.45) is 0 Å². The van der Waals surface area contributed by atoms with Gasteiger partial charge in [0.05, 0.1) is 30.0 Å². The van der Waals surface area contributed by atoms with Crippen LogP contribution in [0.1, 0.15) is 28.4 Å². The fraction of sp³-hybridized carbons (Fsp3) is 0.312. The lowest BCUT2D eigenvalue weighted by Crippen LogP contribution is -2.50. The first-order chi connectivity index (χ1) is 19.7. The predicted octanol–water partition coefficient (Wildman–Crippen LogP) is 4.71. The SMILES string of the molecule is C#CC(C)(OCC(O)CN1CCN(CC(=O)Nc2ccc(Cl)cc2C(=O)c2ccccc2Cl)CC1)c1ccccc1. The minimum atomic E-state index is -0.920. The Morgan fingerprint density at radius 2 is 1.66 bits per heavy atom. The van der Waals surface area contributed by atoms with E-state index in [1.165, 1.54) is 6.07 Å². The minimum absolute atomic E-state index is 0.106. The molecule has 3 aromatic carbocycles. The van der Waals surface area contributed by atoms with Crippen molar-refractivity contribution in [2.75, 3.05) is 51.2 Å². The second-order valence-electron chi connectivity index (χ2n) is 10.1. The van der Waals surface area contributed by atoms with Gasteiger partial charge in [-0.25, -0.2) is 0 Å². The van der Waals surface area contributed by atoms with E-state index in [9.17, 15) is 14.7 Å². The van der Waals surface area contributed by atoms with Crippen LogP contribution in [0.5, 0.6) is 0 Å². The van der Waals surface area contributed by atoms with Crippen LogP contribution in [0.4, 0.5) is 5.69 Å². The summed E-state index contributed by atoms with van der Waals surface area (Å²) in [5.41, 5.74) is 0.921. The second kappa shape index (κ2) is 14.1. The van der Waals surface area contributed by atoms with Crippen LogP contribution in [0, 0.1) is 12.3 Å². The van der Waals surface area contributed by atoms with Crippen molar-refractivity contribution in [3.05, 3.63) is 99.5 Å². The molecule has 4 rings (SSSR count). The van der Waals surface area contributed by atoms with Gasteiger partial charge in [-0.15, -0.1) is 6.42 Å². The highest BCUT2D eigenvalue weighted by Crippen LogP contribution is 2.27. The molecule has 2 N–H and O–H groups in total. The van der Waals surface area contributed by atoms with Gasteiger partial charge in [0.1, 0.15) is 0 Å². The number of ketones is 1. The summed E-state index contributed by atoms with van der Waals surface area (Å²) in [6, 6.07) is 21.1. The van der Waals surface area contributed by atoms with Gasteiger partial charge in [-0.3, -0.25) is 19.4 Å². The van der Waals surface area contributed by atoms with Crippen LogP contribution in [0.3, 0.4) is 0 Å². The predicted molar refractivity (Wildman–Crippen MR) is 162 cm³/mol. The molecule has 1 amide bonds. The van der Waals surface area contributed by atoms with Crippen molar-refractivity contribution in [2.45, 2.75) is 18.6 Å². The Bertz CT molecular complexity index is 1400. The third kappa shape index (κ3) is 8.17. The van der Waals surface area contributed by atoms with E-state index in [2.05, 4.69) is 16.1 Å². The maximum absolute atomic E-state index is 13.2. The van der Waals surface area contributed by atoms with E-state index in [0.717, 1.165) is 5.56 Å². The quantitative estimate of drug-likeness (QED) is 0.247. The number of hydrogen-bond donors (Lipinski definition) is 2. The van der Waals surface area contributed by atoms with Crippen molar-refractivity contribution in [3.63, 3.8) is 0 Å². The number of rotatable bonds is 11. The molecular formula is C32H33Cl2N3O4. The molecule has 2 unspecified atom stereocenters. The van der Waals surface area contributed by atoms with Crippen molar-refractivity contribution in [1.29, 1.82) is 0 Å². The van der Waals surface area contributed by atoms with Gasteiger partial charge in [0.2, 0.25) is 5.91 Å². The van der Waals surface area contributed by atoms with E-state index >= 15 is 0 Å². The molecular weight excluding hydrogens is 561 g/mol. The smallest absolute Gasteiger partial charge is 0.238 e. The molecule has 9 heteroatoms. The zero-order chi connectivity index (χ0) is 29.4. The fourth-order valence-electron chi connectivity index (χ4n) is 4.70. The van der Waals surface area contributed by atoms with Gasteiger partial charge < -0.3 is 15.2 Å². The van der Waals surface area contributed by atoms with E-state index in [-0.39, 0.29) is 30.4 Å². The van der Waals surface area contributed by atoms with Gasteiger partial charge >= 0.3 is 0 Å². The Kier molecular flexibility index (Phi) is 10.6. The van der Waals surface area contributed by atoms with E-state index in [1.807, 2.05) is 42.2 Å². The van der Waals surface area contributed by atoms with Crippen molar-refractivity contribution < 1.29 is 19.4 Å². The van der Waals surface area contributed by atoms with Gasteiger partial charge in [0.25, 0.3) is 0 Å². The number of aliphatic hydroxyl groups is 1. The van der Waals surface area contributed by atoms with Crippen molar-refractivity contribution >= 4 is 40.6 Å². The van der Waals surface area contributed by atoms with Crippen molar-refractivity contribution in [3.8, 4) is 12.3 Å². The number of hydrogen-bond acceptors (Lipinski definition) is 6. The number of benzene rings is 3. The minimum Gasteiger partial charge on any atom is -0.389 e. The summed E-state index contributed by atoms with van der Waals surface area (Å²) in [6.07, 6.45) is 5.03. The average molecular weight is 595 g/mol. The molecule has 2 atom stereocenters. The number of anilines is 1. The zero-order valence-corrected chi connectivity index (χ0v) is 24.4. The molecule has 1 heterocycles. The molecule has 214 valence electrons.